The highest BCUT2D eigenvalue weighted by molar-refractivity contribution is 5.47. The third kappa shape index (κ3) is 1.71. The van der Waals surface area contributed by atoms with Gasteiger partial charge in [-0.05, 0) is 0 Å². The lowest BCUT2D eigenvalue weighted by Crippen LogP contribution is -1.97. The number of ether oxygens (including phenoxy) is 1. The van der Waals surface area contributed by atoms with Crippen molar-refractivity contribution in [1.29, 1.82) is 0 Å². The minimum absolute atomic E-state index is 0.520. The molecule has 1 aromatic carbocycles. The second kappa shape index (κ2) is 3.34. The Morgan fingerprint density at radius 3 is 2.54 bits per heavy atom. The van der Waals surface area contributed by atoms with Crippen LogP contribution < -0.4 is 4.74 Å². The van der Waals surface area contributed by atoms with Crippen molar-refractivity contribution < 1.29 is 18.4 Å². The summed E-state index contributed by atoms with van der Waals surface area (Å²) in [4.78, 5) is 9.37. The molecular weight excluding hydrogens is 184 g/mol. The molecule has 0 aromatic heterocycles. The number of nitro benzene ring substituents is 1. The van der Waals surface area contributed by atoms with E-state index in [1.54, 1.807) is 0 Å². The van der Waals surface area contributed by atoms with Gasteiger partial charge >= 0.3 is 5.69 Å². The van der Waals surface area contributed by atoms with Crippen LogP contribution >= 0.6 is 0 Å². The topological polar surface area (TPSA) is 52.4 Å². The zero-order valence-corrected chi connectivity index (χ0v) is 6.58. The predicted octanol–water partition coefficient (Wildman–Crippen LogP) is 1.88. The van der Waals surface area contributed by atoms with Gasteiger partial charge in [0, 0.05) is 6.07 Å². The molecule has 0 atom stereocenters. The highest BCUT2D eigenvalue weighted by Gasteiger charge is 2.20. The van der Waals surface area contributed by atoms with Gasteiger partial charge in [0.1, 0.15) is 5.82 Å². The molecule has 0 spiro atoms. The van der Waals surface area contributed by atoms with E-state index >= 15 is 0 Å². The number of methoxy groups -OCH3 is 1. The first kappa shape index (κ1) is 9.37. The molecule has 4 nitrogen and oxygen atoms in total. The first-order valence-electron chi connectivity index (χ1n) is 3.23. The fourth-order valence-corrected chi connectivity index (χ4v) is 0.884. The number of hydrogen-bond donors (Lipinski definition) is 0. The maximum absolute atomic E-state index is 12.8. The van der Waals surface area contributed by atoms with E-state index in [-0.39, 0.29) is 0 Å². The molecule has 1 aromatic rings. The molecule has 70 valence electrons. The van der Waals surface area contributed by atoms with Crippen LogP contribution in [-0.4, -0.2) is 12.0 Å². The molecule has 0 heterocycles. The molecule has 0 aliphatic rings. The number of rotatable bonds is 2. The van der Waals surface area contributed by atoms with Gasteiger partial charge in [-0.1, -0.05) is 0 Å². The minimum Gasteiger partial charge on any atom is -0.488 e. The van der Waals surface area contributed by atoms with Crippen LogP contribution in [0.2, 0.25) is 0 Å². The first-order valence-corrected chi connectivity index (χ1v) is 3.23. The summed E-state index contributed by atoms with van der Waals surface area (Å²) in [5.74, 6) is -2.66. The summed E-state index contributed by atoms with van der Waals surface area (Å²) in [5, 5.41) is 10.3. The predicted molar refractivity (Wildman–Crippen MR) is 39.6 cm³/mol. The van der Waals surface area contributed by atoms with Gasteiger partial charge in [-0.2, -0.15) is 0 Å². The Labute approximate surface area is 71.9 Å². The number of hydrogen-bond acceptors (Lipinski definition) is 3. The molecule has 0 amide bonds. The van der Waals surface area contributed by atoms with Crippen LogP contribution in [0, 0.1) is 21.7 Å². The Bertz CT molecular complexity index is 354. The Morgan fingerprint density at radius 2 is 2.08 bits per heavy atom. The standard InChI is InChI=1S/C7H5F2NO3/c1-13-7-5(9)2-4(8)3-6(7)10(11)12/h2-3H,1H3. The van der Waals surface area contributed by atoms with E-state index in [0.717, 1.165) is 7.11 Å². The average Bonchev–Trinajstić information content (AvgIpc) is 2.02. The normalized spacial score (nSPS) is 9.77. The number of halogens is 2. The first-order chi connectivity index (χ1) is 6.06. The highest BCUT2D eigenvalue weighted by atomic mass is 19.1. The maximum Gasteiger partial charge on any atom is 0.316 e. The van der Waals surface area contributed by atoms with Crippen LogP contribution in [0.15, 0.2) is 12.1 Å². The van der Waals surface area contributed by atoms with Crippen LogP contribution in [0.3, 0.4) is 0 Å². The van der Waals surface area contributed by atoms with Gasteiger partial charge in [-0.15, -0.1) is 0 Å². The molecule has 0 saturated carbocycles. The number of nitro groups is 1. The second-order valence-electron chi connectivity index (χ2n) is 2.20. The lowest BCUT2D eigenvalue weighted by atomic mass is 10.3. The summed E-state index contributed by atoms with van der Waals surface area (Å²) in [7, 11) is 1.07. The average molecular weight is 189 g/mol. The lowest BCUT2D eigenvalue weighted by molar-refractivity contribution is -0.386. The molecule has 0 fully saturated rings. The molecule has 1 rings (SSSR count). The van der Waals surface area contributed by atoms with E-state index in [0.29, 0.717) is 12.1 Å². The molecule has 0 aliphatic heterocycles. The number of nitrogens with zero attached hydrogens (tertiary/aromatic N) is 1. The van der Waals surface area contributed by atoms with Crippen molar-refractivity contribution in [3.8, 4) is 5.75 Å². The summed E-state index contributed by atoms with van der Waals surface area (Å²) < 4.78 is 29.7. The summed E-state index contributed by atoms with van der Waals surface area (Å²) in [6.07, 6.45) is 0. The van der Waals surface area contributed by atoms with Crippen LogP contribution in [0.1, 0.15) is 0 Å². The summed E-state index contributed by atoms with van der Waals surface area (Å²) >= 11 is 0. The minimum atomic E-state index is -1.09. The number of benzene rings is 1. The molecule has 0 bridgehead atoms. The molecule has 0 aliphatic carbocycles. The Balaban J connectivity index is 3.38. The molecule has 0 saturated heterocycles. The lowest BCUT2D eigenvalue weighted by Gasteiger charge is -2.01. The van der Waals surface area contributed by atoms with E-state index in [9.17, 15) is 18.9 Å². The summed E-state index contributed by atoms with van der Waals surface area (Å²) in [6.45, 7) is 0. The van der Waals surface area contributed by atoms with Crippen molar-refractivity contribution in [3.63, 3.8) is 0 Å². The quantitative estimate of drug-likeness (QED) is 0.527. The SMILES string of the molecule is COc1c(F)cc(F)cc1[N+](=O)[O-]. The molecule has 13 heavy (non-hydrogen) atoms. The highest BCUT2D eigenvalue weighted by Crippen LogP contribution is 2.30. The molecular formula is C7H5F2NO3. The van der Waals surface area contributed by atoms with Gasteiger partial charge < -0.3 is 4.74 Å². The Kier molecular flexibility index (Phi) is 2.41. The van der Waals surface area contributed by atoms with Crippen LogP contribution in [0.4, 0.5) is 14.5 Å². The Morgan fingerprint density at radius 1 is 1.46 bits per heavy atom. The van der Waals surface area contributed by atoms with Gasteiger partial charge in [0.25, 0.3) is 0 Å². The monoisotopic (exact) mass is 189 g/mol. The zero-order valence-electron chi connectivity index (χ0n) is 6.58. The van der Waals surface area contributed by atoms with Crippen molar-refractivity contribution in [2.45, 2.75) is 0 Å². The van der Waals surface area contributed by atoms with E-state index < -0.39 is 28.0 Å². The molecule has 0 unspecified atom stereocenters. The van der Waals surface area contributed by atoms with Crippen molar-refractivity contribution in [3.05, 3.63) is 33.9 Å². The van der Waals surface area contributed by atoms with Crippen LogP contribution in [0.25, 0.3) is 0 Å². The zero-order chi connectivity index (χ0) is 10.0. The summed E-state index contributed by atoms with van der Waals surface area (Å²) in [6, 6.07) is 1.12. The van der Waals surface area contributed by atoms with Crippen LogP contribution in [0.5, 0.6) is 5.75 Å². The smallest absolute Gasteiger partial charge is 0.316 e. The van der Waals surface area contributed by atoms with Gasteiger partial charge in [0.05, 0.1) is 18.1 Å². The molecule has 0 radical (unpaired) electrons. The van der Waals surface area contributed by atoms with E-state index in [1.807, 2.05) is 0 Å². The van der Waals surface area contributed by atoms with Gasteiger partial charge in [0.15, 0.2) is 5.82 Å². The Hall–Kier alpha value is -1.72. The third-order valence-corrected chi connectivity index (χ3v) is 1.39. The fourth-order valence-electron chi connectivity index (χ4n) is 0.884. The fraction of sp³-hybridized carbons (Fsp3) is 0.143. The van der Waals surface area contributed by atoms with E-state index in [4.69, 9.17) is 0 Å². The van der Waals surface area contributed by atoms with Gasteiger partial charge in [0.2, 0.25) is 5.75 Å². The summed E-state index contributed by atoms with van der Waals surface area (Å²) in [5.41, 5.74) is -0.722. The molecule has 0 N–H and O–H groups in total. The van der Waals surface area contributed by atoms with Crippen molar-refractivity contribution in [2.75, 3.05) is 7.11 Å². The largest absolute Gasteiger partial charge is 0.488 e. The van der Waals surface area contributed by atoms with E-state index in [1.165, 1.54) is 0 Å². The van der Waals surface area contributed by atoms with Crippen molar-refractivity contribution >= 4 is 5.69 Å². The maximum atomic E-state index is 12.8. The third-order valence-electron chi connectivity index (χ3n) is 1.39. The van der Waals surface area contributed by atoms with Crippen molar-refractivity contribution in [2.24, 2.45) is 0 Å². The van der Waals surface area contributed by atoms with E-state index in [2.05, 4.69) is 4.74 Å². The second-order valence-corrected chi connectivity index (χ2v) is 2.20. The molecule has 6 heteroatoms. The van der Waals surface area contributed by atoms with Crippen LogP contribution in [-0.2, 0) is 0 Å². The van der Waals surface area contributed by atoms with Gasteiger partial charge in [-0.3, -0.25) is 10.1 Å². The van der Waals surface area contributed by atoms with Crippen molar-refractivity contribution in [1.82, 2.24) is 0 Å². The van der Waals surface area contributed by atoms with Gasteiger partial charge in [-0.25, -0.2) is 8.78 Å².